The molecular formula is C100H188N14O7. The molecule has 5 aliphatic rings. The second kappa shape index (κ2) is 43.5. The summed E-state index contributed by atoms with van der Waals surface area (Å²) in [5.41, 5.74) is 0.443. The number of nitrogens with zero attached hydrogens (tertiary/aromatic N) is 12. The predicted octanol–water partition coefficient (Wildman–Crippen LogP) is 18.6. The molecule has 700 valence electrons. The fourth-order valence-corrected chi connectivity index (χ4v) is 20.1. The molecular weight excluding hydrogens is 1510 g/mol. The van der Waals surface area contributed by atoms with Crippen LogP contribution < -0.4 is 20.4 Å². The van der Waals surface area contributed by atoms with Gasteiger partial charge in [0.15, 0.2) is 5.41 Å². The number of phenolic OH excluding ortho intramolecular Hbond substituents is 1. The molecule has 5 aliphatic heterocycles. The number of anilines is 2. The maximum Gasteiger partial charge on any atom is 0.333 e. The van der Waals surface area contributed by atoms with Crippen molar-refractivity contribution in [3.8, 4) is 5.75 Å². The summed E-state index contributed by atoms with van der Waals surface area (Å²) in [5.74, 6) is 1.62. The van der Waals surface area contributed by atoms with Crippen LogP contribution in [0, 0.1) is 12.3 Å². The number of benzene rings is 1. The first-order valence-electron chi connectivity index (χ1n) is 47.0. The number of unbranched alkanes of at least 4 members (excludes halogenated alkanes) is 3. The molecule has 0 saturated carbocycles. The van der Waals surface area contributed by atoms with E-state index in [0.717, 1.165) is 131 Å². The van der Waals surface area contributed by atoms with E-state index in [0.29, 0.717) is 56.2 Å². The molecule has 0 aliphatic carbocycles. The molecule has 2 aromatic rings. The molecule has 0 bridgehead atoms. The third-order valence-electron chi connectivity index (χ3n) is 29.0. The van der Waals surface area contributed by atoms with E-state index in [1.165, 1.54) is 39.0 Å². The number of aromatic hydroxyl groups is 1. The Labute approximate surface area is 742 Å². The summed E-state index contributed by atoms with van der Waals surface area (Å²) in [6.45, 7) is 80.8. The van der Waals surface area contributed by atoms with Crippen LogP contribution >= 0.6 is 0 Å². The van der Waals surface area contributed by atoms with E-state index in [1.54, 1.807) is 6.92 Å². The molecule has 1 aromatic heterocycles. The van der Waals surface area contributed by atoms with Gasteiger partial charge in [0.25, 0.3) is 0 Å². The molecule has 0 atom stereocenters. The number of phenols is 1. The van der Waals surface area contributed by atoms with Crippen molar-refractivity contribution in [2.45, 2.75) is 440 Å². The van der Waals surface area contributed by atoms with E-state index >= 15 is 0 Å². The number of carbonyl (C=O) groups excluding carboxylic acids is 3. The van der Waals surface area contributed by atoms with E-state index < -0.39 is 17.4 Å². The normalized spacial score (nSPS) is 21.5. The number of aromatic nitrogens is 3. The molecule has 0 spiro atoms. The van der Waals surface area contributed by atoms with E-state index in [4.69, 9.17) is 29.2 Å². The van der Waals surface area contributed by atoms with Gasteiger partial charge < -0.3 is 49.6 Å². The average Bonchev–Trinajstić information content (AvgIpc) is 0.555. The number of ether oxygens (including phenoxy) is 3. The number of carbonyl (C=O) groups is 3. The first-order valence-corrected chi connectivity index (χ1v) is 47.0. The van der Waals surface area contributed by atoms with Crippen LogP contribution in [0.25, 0.3) is 0 Å². The van der Waals surface area contributed by atoms with Gasteiger partial charge in [0.1, 0.15) is 29.9 Å². The van der Waals surface area contributed by atoms with Crippen LogP contribution in [-0.4, -0.2) is 274 Å². The van der Waals surface area contributed by atoms with Gasteiger partial charge in [0.05, 0.1) is 0 Å². The van der Waals surface area contributed by atoms with E-state index in [1.807, 2.05) is 26.2 Å². The summed E-state index contributed by atoms with van der Waals surface area (Å²) in [6, 6.07) is 4.79. The minimum atomic E-state index is -1.54. The molecule has 121 heavy (non-hydrogen) atoms. The van der Waals surface area contributed by atoms with Crippen molar-refractivity contribution < 1.29 is 33.7 Å². The number of esters is 3. The van der Waals surface area contributed by atoms with Crippen molar-refractivity contribution in [2.75, 3.05) is 126 Å². The number of hydrogen-bond acceptors (Lipinski definition) is 21. The Kier molecular flexibility index (Phi) is 39.1. The zero-order valence-electron chi connectivity index (χ0n) is 85.8. The highest BCUT2D eigenvalue weighted by Gasteiger charge is 2.55. The smallest absolute Gasteiger partial charge is 0.333 e. The maximum atomic E-state index is 15.0. The van der Waals surface area contributed by atoms with Crippen molar-refractivity contribution >= 4 is 29.8 Å². The van der Waals surface area contributed by atoms with E-state index in [2.05, 4.69) is 318 Å². The third-order valence-corrected chi connectivity index (χ3v) is 29.0. The Bertz CT molecular complexity index is 3320. The predicted molar refractivity (Wildman–Crippen MR) is 510 cm³/mol. The second-order valence-corrected chi connectivity index (χ2v) is 46.1. The van der Waals surface area contributed by atoms with Crippen molar-refractivity contribution in [3.05, 3.63) is 46.8 Å². The molecule has 21 nitrogen and oxygen atoms in total. The first-order chi connectivity index (χ1) is 55.2. The summed E-state index contributed by atoms with van der Waals surface area (Å²) in [6.07, 6.45) is 17.2. The molecule has 5 saturated heterocycles. The Hall–Kier alpha value is -4.58. The fourth-order valence-electron chi connectivity index (χ4n) is 20.1. The summed E-state index contributed by atoms with van der Waals surface area (Å²) < 4.78 is 18.6. The third kappa shape index (κ3) is 30.0. The van der Waals surface area contributed by atoms with Crippen molar-refractivity contribution in [1.82, 2.24) is 59.9 Å². The van der Waals surface area contributed by atoms with Gasteiger partial charge in [-0.25, -0.2) is 4.79 Å². The average molecular weight is 1700 g/mol. The summed E-state index contributed by atoms with van der Waals surface area (Å²) in [5, 5.41) is 17.9. The SMILES string of the molecule is C=C(C)C(=O)OC1CC(C)(C)N(C)C(C)(C)C1.CCCCC(Cc1cc(C(C)(C)C)c(O)c(C(C)(C)C)c1)(C(=O)OC1CC(C)(C)N(C)C(C)(C)C1)C(=O)OC1CC(C)(C)N(C)C(C)(C)C1.CCCCN(c1nc(C)nc(N(CCCC)C2CC(C)(C)N(C)C(C)(C)C2)n1)C1CC(C)(C)N(C)C(C)(C)C1.CNCCCN(C)CCN(C)CCCNC. The first kappa shape index (κ1) is 109. The van der Waals surface area contributed by atoms with Crippen LogP contribution in [0.3, 0.4) is 0 Å². The van der Waals surface area contributed by atoms with Crippen LogP contribution in [-0.2, 0) is 45.8 Å². The number of aryl methyl sites for hydroxylation is 1. The van der Waals surface area contributed by atoms with Gasteiger partial charge >= 0.3 is 17.9 Å². The van der Waals surface area contributed by atoms with Crippen LogP contribution in [0.2, 0.25) is 0 Å². The van der Waals surface area contributed by atoms with Gasteiger partial charge in [-0.1, -0.05) is 107 Å². The highest BCUT2D eigenvalue weighted by Crippen LogP contribution is 2.48. The topological polar surface area (TPSA) is 191 Å². The molecule has 0 unspecified atom stereocenters. The monoisotopic (exact) mass is 1700 g/mol. The fraction of sp³-hybridized carbons (Fsp3) is 0.860. The van der Waals surface area contributed by atoms with E-state index in [-0.39, 0.29) is 103 Å². The number of piperidine rings is 5. The van der Waals surface area contributed by atoms with Gasteiger partial charge in [0, 0.05) is 138 Å². The minimum Gasteiger partial charge on any atom is -0.507 e. The van der Waals surface area contributed by atoms with Crippen LogP contribution in [0.1, 0.15) is 352 Å². The standard InChI is InChI=1S/C42H72N2O5.C32H61N7.C14H25NO2.C12H30N4/c1-18-19-20-42(34(46)48-29-24-38(8,9)43(16)39(10,11)25-29,35(47)49-30-26-40(12,13)44(17)41(14,15)27-30)23-28-21-31(36(2,3)4)33(45)32(22-28)37(5,6)7;1-14-16-18-38(25-20-29(4,5)36(12)30(6,7)21-25)27-33-24(3)34-28(35-27)39(19-17-15-2)26-22-31(8,9)37(13)32(10,11)23-26;1-10(2)12(16)17-11-8-13(3,4)15(7)14(5,6)9-11;1-13-7-5-9-15(3)11-12-16(4)10-6-8-14-2/h21-22,29-30,45H,18-20,23-27H2,1-17H3;25-26H,14-23H2,1-13H3;11H,1,8-9H2,2-7H3;13-14H,5-12H2,1-4H3. The van der Waals surface area contributed by atoms with Gasteiger partial charge in [-0.15, -0.1) is 0 Å². The Morgan fingerprint density at radius 2 is 0.736 bits per heavy atom. The van der Waals surface area contributed by atoms with Gasteiger partial charge in [-0.3, -0.25) is 34.1 Å². The van der Waals surface area contributed by atoms with Gasteiger partial charge in [0.2, 0.25) is 11.9 Å². The molecule has 6 heterocycles. The molecule has 5 fully saturated rings. The Morgan fingerprint density at radius 1 is 0.455 bits per heavy atom. The zero-order chi connectivity index (χ0) is 92.8. The summed E-state index contributed by atoms with van der Waals surface area (Å²) in [4.78, 5) is 79.0. The highest BCUT2D eigenvalue weighted by atomic mass is 16.6. The number of likely N-dealkylation sites (tertiary alicyclic amines) is 5. The van der Waals surface area contributed by atoms with Gasteiger partial charge in [-0.2, -0.15) is 15.0 Å². The molecule has 0 amide bonds. The highest BCUT2D eigenvalue weighted by molar-refractivity contribution is 6.00. The van der Waals surface area contributed by atoms with Crippen LogP contribution in [0.4, 0.5) is 11.9 Å². The molecule has 1 aromatic carbocycles. The lowest BCUT2D eigenvalue weighted by Crippen LogP contribution is -2.63. The van der Waals surface area contributed by atoms with Crippen molar-refractivity contribution in [3.63, 3.8) is 0 Å². The molecule has 21 heteroatoms. The van der Waals surface area contributed by atoms with Gasteiger partial charge in [-0.05, 0) is 334 Å². The number of likely N-dealkylation sites (N-methyl/N-ethyl adjacent to an activating group) is 2. The van der Waals surface area contributed by atoms with Crippen molar-refractivity contribution in [1.29, 1.82) is 0 Å². The zero-order valence-corrected chi connectivity index (χ0v) is 85.8. The second-order valence-electron chi connectivity index (χ2n) is 46.1. The number of hydrogen-bond donors (Lipinski definition) is 3. The Morgan fingerprint density at radius 3 is 1.00 bits per heavy atom. The summed E-state index contributed by atoms with van der Waals surface area (Å²) in [7, 11) is 19.4. The number of rotatable bonds is 32. The van der Waals surface area contributed by atoms with Crippen molar-refractivity contribution in [2.24, 2.45) is 5.41 Å². The minimum absolute atomic E-state index is 0.0135. The lowest BCUT2D eigenvalue weighted by molar-refractivity contribution is -0.188. The quantitative estimate of drug-likeness (QED) is 0.0206. The maximum absolute atomic E-state index is 15.0. The largest absolute Gasteiger partial charge is 0.507 e. The lowest BCUT2D eigenvalue weighted by atomic mass is 9.73. The molecule has 3 N–H and O–H groups in total. The van der Waals surface area contributed by atoms with Crippen LogP contribution in [0.15, 0.2) is 24.3 Å². The lowest BCUT2D eigenvalue weighted by Gasteiger charge is -2.56. The van der Waals surface area contributed by atoms with E-state index in [9.17, 15) is 19.5 Å². The van der Waals surface area contributed by atoms with Crippen LogP contribution in [0.5, 0.6) is 5.75 Å². The molecule has 0 radical (unpaired) electrons. The Balaban J connectivity index is 0.000000376. The summed E-state index contributed by atoms with van der Waals surface area (Å²) >= 11 is 0. The number of nitrogens with one attached hydrogen (secondary N) is 2. The molecule has 7 rings (SSSR count).